The molecule has 1 aliphatic carbocycles. The highest BCUT2D eigenvalue weighted by atomic mass is 16.4. The number of rotatable bonds is 4. The summed E-state index contributed by atoms with van der Waals surface area (Å²) in [5.74, 6) is -1.35. The summed E-state index contributed by atoms with van der Waals surface area (Å²) >= 11 is 0. The lowest BCUT2D eigenvalue weighted by atomic mass is 9.80. The lowest BCUT2D eigenvalue weighted by Gasteiger charge is -2.28. The Kier molecular flexibility index (Phi) is 4.77. The number of carbonyl (C=O) groups is 2. The summed E-state index contributed by atoms with van der Waals surface area (Å²) in [6.07, 6.45) is 7.57. The Morgan fingerprint density at radius 3 is 2.43 bits per heavy atom. The second-order valence-corrected chi connectivity index (χ2v) is 5.61. The highest BCUT2D eigenvalue weighted by Crippen LogP contribution is 2.34. The minimum atomic E-state index is -0.879. The van der Waals surface area contributed by atoms with Crippen LogP contribution in [-0.2, 0) is 4.79 Å². The lowest BCUT2D eigenvalue weighted by molar-refractivity contribution is -0.149. The van der Waals surface area contributed by atoms with E-state index in [0.29, 0.717) is 12.8 Å². The molecule has 6 heteroatoms. The fourth-order valence-electron chi connectivity index (χ4n) is 2.78. The summed E-state index contributed by atoms with van der Waals surface area (Å²) in [5, 5.41) is 21.5. The quantitative estimate of drug-likeness (QED) is 0.736. The molecule has 0 spiro atoms. The molecule has 1 heterocycles. The minimum absolute atomic E-state index is 0.0925. The maximum Gasteiger partial charge on any atom is 0.311 e. The molecule has 0 atom stereocenters. The summed E-state index contributed by atoms with van der Waals surface area (Å²) in [6.45, 7) is 0.108. The Balaban J connectivity index is 2.04. The summed E-state index contributed by atoms with van der Waals surface area (Å²) < 4.78 is 0. The van der Waals surface area contributed by atoms with Crippen molar-refractivity contribution in [3.63, 3.8) is 0 Å². The van der Waals surface area contributed by atoms with Crippen molar-refractivity contribution in [2.75, 3.05) is 6.54 Å². The molecule has 1 fully saturated rings. The summed E-state index contributed by atoms with van der Waals surface area (Å²) in [6, 6.07) is 1.31. The third kappa shape index (κ3) is 3.71. The van der Waals surface area contributed by atoms with Crippen molar-refractivity contribution in [1.29, 1.82) is 0 Å². The van der Waals surface area contributed by atoms with Crippen molar-refractivity contribution in [3.05, 3.63) is 24.0 Å². The van der Waals surface area contributed by atoms with E-state index in [0.717, 1.165) is 25.7 Å². The lowest BCUT2D eigenvalue weighted by Crippen LogP contribution is -2.42. The molecular formula is C15H20N2O4. The smallest absolute Gasteiger partial charge is 0.311 e. The van der Waals surface area contributed by atoms with Crippen LogP contribution in [0.1, 0.15) is 48.9 Å². The number of hydrogen-bond donors (Lipinski definition) is 3. The van der Waals surface area contributed by atoms with Crippen LogP contribution in [-0.4, -0.2) is 33.6 Å². The van der Waals surface area contributed by atoms with Crippen LogP contribution in [0.25, 0.3) is 0 Å². The molecule has 114 valence electrons. The SMILES string of the molecule is O=C(NCC1(C(=O)O)CCCCCC1)c1cncc(O)c1. The highest BCUT2D eigenvalue weighted by molar-refractivity contribution is 5.94. The van der Waals surface area contributed by atoms with Crippen molar-refractivity contribution in [3.8, 4) is 5.75 Å². The highest BCUT2D eigenvalue weighted by Gasteiger charge is 2.38. The molecule has 0 aliphatic heterocycles. The second kappa shape index (κ2) is 6.56. The molecule has 21 heavy (non-hydrogen) atoms. The number of aromatic nitrogens is 1. The summed E-state index contributed by atoms with van der Waals surface area (Å²) in [5.41, 5.74) is -0.652. The molecule has 0 saturated heterocycles. The minimum Gasteiger partial charge on any atom is -0.506 e. The van der Waals surface area contributed by atoms with Gasteiger partial charge in [-0.3, -0.25) is 14.6 Å². The normalized spacial score (nSPS) is 17.7. The van der Waals surface area contributed by atoms with Gasteiger partial charge in [-0.05, 0) is 18.9 Å². The molecule has 1 aromatic rings. The van der Waals surface area contributed by atoms with Gasteiger partial charge in [0, 0.05) is 12.7 Å². The molecule has 0 radical (unpaired) electrons. The standard InChI is InChI=1S/C15H20N2O4/c18-12-7-11(8-16-9-12)13(19)17-10-15(14(20)21)5-3-1-2-4-6-15/h7-9,18H,1-6,10H2,(H,17,19)(H,20,21). The van der Waals surface area contributed by atoms with Gasteiger partial charge >= 0.3 is 5.97 Å². The predicted octanol–water partition coefficient (Wildman–Crippen LogP) is 1.94. The zero-order chi connectivity index (χ0) is 15.3. The molecule has 1 aliphatic rings. The molecule has 0 unspecified atom stereocenters. The van der Waals surface area contributed by atoms with E-state index in [2.05, 4.69) is 10.3 Å². The first kappa shape index (κ1) is 15.3. The van der Waals surface area contributed by atoms with Crippen LogP contribution < -0.4 is 5.32 Å². The first-order valence-corrected chi connectivity index (χ1v) is 7.19. The van der Waals surface area contributed by atoms with E-state index in [1.165, 1.54) is 18.5 Å². The topological polar surface area (TPSA) is 99.5 Å². The van der Waals surface area contributed by atoms with Crippen molar-refractivity contribution >= 4 is 11.9 Å². The van der Waals surface area contributed by atoms with Crippen LogP contribution in [0, 0.1) is 5.41 Å². The maximum atomic E-state index is 12.0. The third-order valence-electron chi connectivity index (χ3n) is 4.09. The van der Waals surface area contributed by atoms with Crippen LogP contribution in [0.5, 0.6) is 5.75 Å². The third-order valence-corrected chi connectivity index (χ3v) is 4.09. The number of amides is 1. The van der Waals surface area contributed by atoms with Gasteiger partial charge in [0.05, 0.1) is 17.2 Å². The van der Waals surface area contributed by atoms with E-state index < -0.39 is 17.3 Å². The number of nitrogens with one attached hydrogen (secondary N) is 1. The van der Waals surface area contributed by atoms with Gasteiger partial charge in [0.1, 0.15) is 5.75 Å². The van der Waals surface area contributed by atoms with E-state index in [1.807, 2.05) is 0 Å². The van der Waals surface area contributed by atoms with Crippen LogP contribution in [0.4, 0.5) is 0 Å². The number of aliphatic carboxylic acids is 1. The van der Waals surface area contributed by atoms with E-state index in [1.54, 1.807) is 0 Å². The number of aromatic hydroxyl groups is 1. The average Bonchev–Trinajstić information content (AvgIpc) is 2.71. The van der Waals surface area contributed by atoms with Gasteiger partial charge in [0.15, 0.2) is 0 Å². The number of carbonyl (C=O) groups excluding carboxylic acids is 1. The predicted molar refractivity (Wildman–Crippen MR) is 76.0 cm³/mol. The van der Waals surface area contributed by atoms with Crippen molar-refractivity contribution in [1.82, 2.24) is 10.3 Å². The van der Waals surface area contributed by atoms with E-state index in [4.69, 9.17) is 0 Å². The van der Waals surface area contributed by atoms with Crippen LogP contribution in [0.15, 0.2) is 18.5 Å². The maximum absolute atomic E-state index is 12.0. The van der Waals surface area contributed by atoms with Crippen LogP contribution in [0.3, 0.4) is 0 Å². The molecule has 1 amide bonds. The Bertz CT molecular complexity index is 522. The van der Waals surface area contributed by atoms with Gasteiger partial charge in [0.2, 0.25) is 0 Å². The average molecular weight is 292 g/mol. The zero-order valence-electron chi connectivity index (χ0n) is 11.8. The van der Waals surface area contributed by atoms with Crippen LogP contribution in [0.2, 0.25) is 0 Å². The van der Waals surface area contributed by atoms with Gasteiger partial charge in [-0.25, -0.2) is 0 Å². The fourth-order valence-corrected chi connectivity index (χ4v) is 2.78. The van der Waals surface area contributed by atoms with Gasteiger partial charge in [0.25, 0.3) is 5.91 Å². The van der Waals surface area contributed by atoms with Crippen molar-refractivity contribution in [2.24, 2.45) is 5.41 Å². The monoisotopic (exact) mass is 292 g/mol. The summed E-state index contributed by atoms with van der Waals surface area (Å²) in [7, 11) is 0. The molecule has 1 saturated carbocycles. The van der Waals surface area contributed by atoms with Gasteiger partial charge in [-0.15, -0.1) is 0 Å². The van der Waals surface area contributed by atoms with E-state index in [-0.39, 0.29) is 17.9 Å². The van der Waals surface area contributed by atoms with E-state index in [9.17, 15) is 19.8 Å². The van der Waals surface area contributed by atoms with Gasteiger partial charge < -0.3 is 15.5 Å². The zero-order valence-corrected chi connectivity index (χ0v) is 11.8. The van der Waals surface area contributed by atoms with Crippen molar-refractivity contribution < 1.29 is 19.8 Å². The number of pyridine rings is 1. The largest absolute Gasteiger partial charge is 0.506 e. The first-order valence-electron chi connectivity index (χ1n) is 7.19. The number of hydrogen-bond acceptors (Lipinski definition) is 4. The molecule has 3 N–H and O–H groups in total. The first-order chi connectivity index (χ1) is 10.0. The molecule has 1 aromatic heterocycles. The second-order valence-electron chi connectivity index (χ2n) is 5.61. The Labute approximate surface area is 123 Å². The summed E-state index contributed by atoms with van der Waals surface area (Å²) in [4.78, 5) is 27.4. The fraction of sp³-hybridized carbons (Fsp3) is 0.533. The molecule has 2 rings (SSSR count). The molecule has 0 aromatic carbocycles. The Morgan fingerprint density at radius 2 is 1.86 bits per heavy atom. The number of carboxylic acids is 1. The van der Waals surface area contributed by atoms with Crippen molar-refractivity contribution in [2.45, 2.75) is 38.5 Å². The Hall–Kier alpha value is -2.11. The molecule has 6 nitrogen and oxygen atoms in total. The molecule has 0 bridgehead atoms. The number of carboxylic acid groups (broad SMARTS) is 1. The van der Waals surface area contributed by atoms with E-state index >= 15 is 0 Å². The van der Waals surface area contributed by atoms with Gasteiger partial charge in [-0.1, -0.05) is 25.7 Å². The Morgan fingerprint density at radius 1 is 1.19 bits per heavy atom. The number of nitrogens with zero attached hydrogens (tertiary/aromatic N) is 1. The van der Waals surface area contributed by atoms with Crippen LogP contribution >= 0.6 is 0 Å². The van der Waals surface area contributed by atoms with Gasteiger partial charge in [-0.2, -0.15) is 0 Å². The molecular weight excluding hydrogens is 272 g/mol.